The molecule has 1 N–H and O–H groups in total. The second kappa shape index (κ2) is 6.82. The van der Waals surface area contributed by atoms with Gasteiger partial charge in [-0.2, -0.15) is 0 Å². The molecule has 0 aliphatic carbocycles. The van der Waals surface area contributed by atoms with E-state index in [9.17, 15) is 4.79 Å². The van der Waals surface area contributed by atoms with Gasteiger partial charge in [-0.15, -0.1) is 11.8 Å². The molecule has 20 heavy (non-hydrogen) atoms. The Hall–Kier alpha value is -1.45. The summed E-state index contributed by atoms with van der Waals surface area (Å²) >= 11 is 7.32. The number of thioether (sulfide) groups is 1. The monoisotopic (exact) mass is 305 g/mol. The van der Waals surface area contributed by atoms with Gasteiger partial charge >= 0.3 is 0 Å². The highest BCUT2D eigenvalue weighted by Crippen LogP contribution is 2.21. The molecule has 104 valence electrons. The fourth-order valence-corrected chi connectivity index (χ4v) is 2.75. The van der Waals surface area contributed by atoms with Crippen molar-refractivity contribution in [1.82, 2.24) is 0 Å². The zero-order chi connectivity index (χ0) is 14.5. The Labute approximate surface area is 128 Å². The van der Waals surface area contributed by atoms with Crippen molar-refractivity contribution in [2.75, 3.05) is 11.1 Å². The Kier molecular flexibility index (Phi) is 5.10. The van der Waals surface area contributed by atoms with E-state index in [1.165, 1.54) is 11.8 Å². The van der Waals surface area contributed by atoms with Crippen LogP contribution in [0.1, 0.15) is 11.1 Å². The second-order valence-electron chi connectivity index (χ2n) is 4.67. The largest absolute Gasteiger partial charge is 0.325 e. The van der Waals surface area contributed by atoms with E-state index in [1.54, 1.807) is 0 Å². The zero-order valence-electron chi connectivity index (χ0n) is 11.4. The van der Waals surface area contributed by atoms with Crippen LogP contribution in [-0.2, 0) is 4.79 Å². The number of anilines is 1. The smallest absolute Gasteiger partial charge is 0.234 e. The van der Waals surface area contributed by atoms with Gasteiger partial charge in [0.25, 0.3) is 0 Å². The van der Waals surface area contributed by atoms with E-state index in [4.69, 9.17) is 11.6 Å². The van der Waals surface area contributed by atoms with E-state index in [2.05, 4.69) is 11.4 Å². The highest BCUT2D eigenvalue weighted by Gasteiger charge is 2.04. The van der Waals surface area contributed by atoms with Crippen molar-refractivity contribution < 1.29 is 4.79 Å². The fraction of sp³-hybridized carbons (Fsp3) is 0.188. The van der Waals surface area contributed by atoms with Crippen molar-refractivity contribution in [2.24, 2.45) is 0 Å². The van der Waals surface area contributed by atoms with E-state index >= 15 is 0 Å². The van der Waals surface area contributed by atoms with Crippen LogP contribution in [0.5, 0.6) is 0 Å². The Balaban J connectivity index is 1.90. The summed E-state index contributed by atoms with van der Waals surface area (Å²) in [6.45, 7) is 4.04. The molecule has 0 atom stereocenters. The average molecular weight is 306 g/mol. The molecule has 0 radical (unpaired) electrons. The summed E-state index contributed by atoms with van der Waals surface area (Å²) in [5.74, 6) is 0.379. The van der Waals surface area contributed by atoms with Crippen LogP contribution in [-0.4, -0.2) is 11.7 Å². The molecule has 0 aliphatic rings. The molecule has 0 heterocycles. The van der Waals surface area contributed by atoms with Gasteiger partial charge in [0.2, 0.25) is 5.91 Å². The molecule has 0 saturated carbocycles. The first-order valence-electron chi connectivity index (χ1n) is 6.29. The summed E-state index contributed by atoms with van der Waals surface area (Å²) in [5, 5.41) is 3.62. The van der Waals surface area contributed by atoms with Crippen LogP contribution < -0.4 is 5.32 Å². The molecular weight excluding hydrogens is 290 g/mol. The Morgan fingerprint density at radius 3 is 2.30 bits per heavy atom. The van der Waals surface area contributed by atoms with Crippen LogP contribution in [0.4, 0.5) is 5.69 Å². The molecule has 2 aromatic rings. The molecular formula is C16H16ClNOS. The van der Waals surface area contributed by atoms with Gasteiger partial charge in [-0.05, 0) is 61.4 Å². The standard InChI is InChI=1S/C16H16ClNOS/c1-11-7-12(2)9-14(8-11)18-16(19)10-20-15-5-3-13(17)4-6-15/h3-9H,10H2,1-2H3,(H,18,19). The molecule has 1 amide bonds. The number of rotatable bonds is 4. The molecule has 0 unspecified atom stereocenters. The van der Waals surface area contributed by atoms with Crippen molar-refractivity contribution in [3.05, 3.63) is 58.6 Å². The van der Waals surface area contributed by atoms with Gasteiger partial charge in [0.15, 0.2) is 0 Å². The average Bonchev–Trinajstić information content (AvgIpc) is 2.37. The van der Waals surface area contributed by atoms with Crippen molar-refractivity contribution in [3.8, 4) is 0 Å². The maximum atomic E-state index is 11.9. The first kappa shape index (κ1) is 14.9. The highest BCUT2D eigenvalue weighted by molar-refractivity contribution is 8.00. The molecule has 2 rings (SSSR count). The van der Waals surface area contributed by atoms with Crippen molar-refractivity contribution in [3.63, 3.8) is 0 Å². The van der Waals surface area contributed by atoms with Gasteiger partial charge in [0, 0.05) is 15.6 Å². The lowest BCUT2D eigenvalue weighted by Crippen LogP contribution is -2.14. The van der Waals surface area contributed by atoms with Crippen LogP contribution in [0.3, 0.4) is 0 Å². The first-order chi connectivity index (χ1) is 9.52. The lowest BCUT2D eigenvalue weighted by molar-refractivity contribution is -0.113. The van der Waals surface area contributed by atoms with Gasteiger partial charge in [-0.3, -0.25) is 4.79 Å². The summed E-state index contributed by atoms with van der Waals surface area (Å²) in [7, 11) is 0. The van der Waals surface area contributed by atoms with Crippen molar-refractivity contribution in [2.45, 2.75) is 18.7 Å². The van der Waals surface area contributed by atoms with Crippen LogP contribution in [0.2, 0.25) is 5.02 Å². The summed E-state index contributed by atoms with van der Waals surface area (Å²) in [5.41, 5.74) is 3.14. The minimum Gasteiger partial charge on any atom is -0.325 e. The maximum Gasteiger partial charge on any atom is 0.234 e. The van der Waals surface area contributed by atoms with Gasteiger partial charge in [-0.1, -0.05) is 17.7 Å². The Morgan fingerprint density at radius 1 is 1.10 bits per heavy atom. The summed E-state index contributed by atoms with van der Waals surface area (Å²) < 4.78 is 0. The van der Waals surface area contributed by atoms with E-state index in [0.717, 1.165) is 21.7 Å². The van der Waals surface area contributed by atoms with Gasteiger partial charge in [0.05, 0.1) is 5.75 Å². The van der Waals surface area contributed by atoms with Gasteiger partial charge < -0.3 is 5.32 Å². The second-order valence-corrected chi connectivity index (χ2v) is 6.15. The Bertz CT molecular complexity index is 590. The van der Waals surface area contributed by atoms with Crippen LogP contribution in [0.15, 0.2) is 47.4 Å². The maximum absolute atomic E-state index is 11.9. The number of aryl methyl sites for hydroxylation is 2. The SMILES string of the molecule is Cc1cc(C)cc(NC(=O)CSc2ccc(Cl)cc2)c1. The Morgan fingerprint density at radius 2 is 1.70 bits per heavy atom. The van der Waals surface area contributed by atoms with E-state index in [1.807, 2.05) is 50.2 Å². The third-order valence-corrected chi connectivity index (χ3v) is 3.95. The molecule has 0 aromatic heterocycles. The zero-order valence-corrected chi connectivity index (χ0v) is 13.0. The third-order valence-electron chi connectivity index (χ3n) is 2.69. The number of benzene rings is 2. The quantitative estimate of drug-likeness (QED) is 0.830. The number of nitrogens with one attached hydrogen (secondary N) is 1. The normalized spacial score (nSPS) is 10.3. The van der Waals surface area contributed by atoms with Crippen LogP contribution in [0.25, 0.3) is 0 Å². The third kappa shape index (κ3) is 4.58. The number of carbonyl (C=O) groups is 1. The number of halogens is 1. The van der Waals surface area contributed by atoms with Gasteiger partial charge in [-0.25, -0.2) is 0 Å². The molecule has 0 saturated heterocycles. The van der Waals surface area contributed by atoms with Crippen molar-refractivity contribution >= 4 is 35.0 Å². The molecule has 2 nitrogen and oxygen atoms in total. The van der Waals surface area contributed by atoms with Gasteiger partial charge in [0.1, 0.15) is 0 Å². The lowest BCUT2D eigenvalue weighted by atomic mass is 10.1. The summed E-state index contributed by atoms with van der Waals surface area (Å²) in [6, 6.07) is 13.5. The minimum absolute atomic E-state index is 0.00468. The summed E-state index contributed by atoms with van der Waals surface area (Å²) in [6.07, 6.45) is 0. The molecule has 2 aromatic carbocycles. The number of amides is 1. The first-order valence-corrected chi connectivity index (χ1v) is 7.66. The summed E-state index contributed by atoms with van der Waals surface area (Å²) in [4.78, 5) is 12.9. The number of hydrogen-bond donors (Lipinski definition) is 1. The molecule has 0 aliphatic heterocycles. The highest BCUT2D eigenvalue weighted by atomic mass is 35.5. The van der Waals surface area contributed by atoms with E-state index in [0.29, 0.717) is 10.8 Å². The fourth-order valence-electron chi connectivity index (χ4n) is 1.92. The predicted octanol–water partition coefficient (Wildman–Crippen LogP) is 4.69. The molecule has 0 spiro atoms. The predicted molar refractivity (Wildman–Crippen MR) is 86.7 cm³/mol. The van der Waals surface area contributed by atoms with E-state index < -0.39 is 0 Å². The number of hydrogen-bond acceptors (Lipinski definition) is 2. The molecule has 0 fully saturated rings. The lowest BCUT2D eigenvalue weighted by Gasteiger charge is -2.07. The minimum atomic E-state index is -0.00468. The van der Waals surface area contributed by atoms with E-state index in [-0.39, 0.29) is 5.91 Å². The topological polar surface area (TPSA) is 29.1 Å². The van der Waals surface area contributed by atoms with Crippen molar-refractivity contribution in [1.29, 1.82) is 0 Å². The van der Waals surface area contributed by atoms with Crippen LogP contribution >= 0.6 is 23.4 Å². The van der Waals surface area contributed by atoms with Crippen LogP contribution in [0, 0.1) is 13.8 Å². The molecule has 0 bridgehead atoms. The number of carbonyl (C=O) groups excluding carboxylic acids is 1. The molecule has 4 heteroatoms.